The van der Waals surface area contributed by atoms with Gasteiger partial charge in [-0.15, -0.1) is 0 Å². The number of nitrogens with two attached hydrogens (primary N) is 1. The summed E-state index contributed by atoms with van der Waals surface area (Å²) in [6, 6.07) is 2.32. The number of nitrogens with zero attached hydrogens (tertiary/aromatic N) is 3. The Morgan fingerprint density at radius 2 is 2.12 bits per heavy atom. The fourth-order valence-corrected chi connectivity index (χ4v) is 2.25. The molecule has 5 heteroatoms. The number of nitrogen functional groups attached to an aromatic ring is 1. The van der Waals surface area contributed by atoms with Gasteiger partial charge in [-0.05, 0) is 39.8 Å². The first-order valence-corrected chi connectivity index (χ1v) is 6.24. The van der Waals surface area contributed by atoms with Gasteiger partial charge in [0.2, 0.25) is 0 Å². The molecule has 1 unspecified atom stereocenters. The molecule has 1 aromatic rings. The third kappa shape index (κ3) is 3.30. The summed E-state index contributed by atoms with van der Waals surface area (Å²) in [5, 5.41) is 3.33. The molecule has 1 fully saturated rings. The van der Waals surface area contributed by atoms with Gasteiger partial charge in [-0.3, -0.25) is 4.90 Å². The minimum absolute atomic E-state index is 0.522. The summed E-state index contributed by atoms with van der Waals surface area (Å²) in [7, 11) is 0. The van der Waals surface area contributed by atoms with Crippen molar-refractivity contribution in [2.75, 3.05) is 30.7 Å². The van der Waals surface area contributed by atoms with Crippen molar-refractivity contribution in [1.29, 1.82) is 0 Å². The summed E-state index contributed by atoms with van der Waals surface area (Å²) in [6.07, 6.45) is 2.65. The van der Waals surface area contributed by atoms with E-state index in [1.165, 1.54) is 25.9 Å². The lowest BCUT2D eigenvalue weighted by Crippen LogP contribution is -2.35. The highest BCUT2D eigenvalue weighted by atomic mass is 15.2. The van der Waals surface area contributed by atoms with E-state index in [-0.39, 0.29) is 0 Å². The third-order valence-electron chi connectivity index (χ3n) is 3.20. The minimum atomic E-state index is 0.522. The smallest absolute Gasteiger partial charge is 0.131 e. The van der Waals surface area contributed by atoms with E-state index in [1.807, 2.05) is 6.92 Å². The lowest BCUT2D eigenvalue weighted by Gasteiger charge is -2.24. The van der Waals surface area contributed by atoms with Crippen LogP contribution in [-0.4, -0.2) is 40.5 Å². The van der Waals surface area contributed by atoms with Crippen LogP contribution in [0.1, 0.15) is 25.6 Å². The first-order chi connectivity index (χ1) is 8.15. The zero-order chi connectivity index (χ0) is 12.3. The van der Waals surface area contributed by atoms with Crippen LogP contribution in [0.4, 0.5) is 11.6 Å². The number of likely N-dealkylation sites (tertiary alicyclic amines) is 1. The Bertz CT molecular complexity index is 353. The highest BCUT2D eigenvalue weighted by Gasteiger charge is 2.17. The maximum Gasteiger partial charge on any atom is 0.131 e. The first-order valence-electron chi connectivity index (χ1n) is 6.24. The Balaban J connectivity index is 1.88. The molecule has 1 aliphatic heterocycles. The van der Waals surface area contributed by atoms with Crippen molar-refractivity contribution in [3.8, 4) is 0 Å². The molecule has 5 nitrogen and oxygen atoms in total. The molecule has 0 amide bonds. The molecule has 1 aromatic heterocycles. The molecular weight excluding hydrogens is 214 g/mol. The van der Waals surface area contributed by atoms with Crippen molar-refractivity contribution in [2.45, 2.75) is 32.7 Å². The van der Waals surface area contributed by atoms with Gasteiger partial charge in [0.1, 0.15) is 17.5 Å². The van der Waals surface area contributed by atoms with E-state index in [9.17, 15) is 0 Å². The molecule has 1 saturated heterocycles. The highest BCUT2D eigenvalue weighted by Crippen LogP contribution is 2.13. The van der Waals surface area contributed by atoms with Crippen LogP contribution >= 0.6 is 0 Å². The number of hydrogen-bond donors (Lipinski definition) is 2. The van der Waals surface area contributed by atoms with E-state index < -0.39 is 0 Å². The van der Waals surface area contributed by atoms with Gasteiger partial charge in [-0.25, -0.2) is 9.97 Å². The first kappa shape index (κ1) is 12.1. The maximum absolute atomic E-state index is 5.69. The van der Waals surface area contributed by atoms with Gasteiger partial charge in [0.25, 0.3) is 0 Å². The second-order valence-electron chi connectivity index (χ2n) is 4.70. The predicted molar refractivity (Wildman–Crippen MR) is 69.9 cm³/mol. The van der Waals surface area contributed by atoms with Crippen LogP contribution in [0.2, 0.25) is 0 Å². The van der Waals surface area contributed by atoms with Crippen molar-refractivity contribution in [2.24, 2.45) is 0 Å². The van der Waals surface area contributed by atoms with Gasteiger partial charge in [0.05, 0.1) is 0 Å². The summed E-state index contributed by atoms with van der Waals surface area (Å²) < 4.78 is 0. The predicted octanol–water partition coefficient (Wildman–Crippen LogP) is 1.26. The molecule has 0 aromatic carbocycles. The molecule has 0 radical (unpaired) electrons. The number of rotatable bonds is 4. The normalized spacial score (nSPS) is 18.2. The number of aryl methyl sites for hydroxylation is 1. The third-order valence-corrected chi connectivity index (χ3v) is 3.20. The van der Waals surface area contributed by atoms with Crippen LogP contribution in [0.15, 0.2) is 6.07 Å². The Morgan fingerprint density at radius 3 is 2.76 bits per heavy atom. The van der Waals surface area contributed by atoms with Crippen LogP contribution in [0.5, 0.6) is 0 Å². The molecule has 17 heavy (non-hydrogen) atoms. The summed E-state index contributed by atoms with van der Waals surface area (Å²) in [6.45, 7) is 7.43. The van der Waals surface area contributed by atoms with Gasteiger partial charge in [0.15, 0.2) is 0 Å². The number of aromatic nitrogens is 2. The maximum atomic E-state index is 5.69. The van der Waals surface area contributed by atoms with Crippen LogP contribution in [0, 0.1) is 6.92 Å². The molecule has 94 valence electrons. The molecule has 0 saturated carbocycles. The van der Waals surface area contributed by atoms with Crippen LogP contribution < -0.4 is 11.1 Å². The SMILES string of the molecule is Cc1nc(N)cc(NCC(C)N2CCCC2)n1. The number of nitrogens with one attached hydrogen (secondary N) is 1. The van der Waals surface area contributed by atoms with Gasteiger partial charge in [-0.2, -0.15) is 0 Å². The Labute approximate surface area is 102 Å². The molecular formula is C12H21N5. The lowest BCUT2D eigenvalue weighted by molar-refractivity contribution is 0.269. The zero-order valence-electron chi connectivity index (χ0n) is 10.6. The fourth-order valence-electron chi connectivity index (χ4n) is 2.25. The van der Waals surface area contributed by atoms with Crippen LogP contribution in [0.3, 0.4) is 0 Å². The second-order valence-corrected chi connectivity index (χ2v) is 4.70. The molecule has 2 rings (SSSR count). The molecule has 0 aliphatic carbocycles. The lowest BCUT2D eigenvalue weighted by atomic mass is 10.3. The molecule has 3 N–H and O–H groups in total. The Hall–Kier alpha value is -1.36. The summed E-state index contributed by atoms with van der Waals surface area (Å²) in [4.78, 5) is 10.9. The van der Waals surface area contributed by atoms with E-state index in [1.54, 1.807) is 6.07 Å². The summed E-state index contributed by atoms with van der Waals surface area (Å²) in [5.74, 6) is 2.05. The van der Waals surface area contributed by atoms with E-state index >= 15 is 0 Å². The van der Waals surface area contributed by atoms with Crippen molar-refractivity contribution in [3.05, 3.63) is 11.9 Å². The van der Waals surface area contributed by atoms with Crippen LogP contribution in [-0.2, 0) is 0 Å². The van der Waals surface area contributed by atoms with E-state index in [4.69, 9.17) is 5.73 Å². The highest BCUT2D eigenvalue weighted by molar-refractivity contribution is 5.44. The fraction of sp³-hybridized carbons (Fsp3) is 0.667. The van der Waals surface area contributed by atoms with Gasteiger partial charge < -0.3 is 11.1 Å². The number of anilines is 2. The molecule has 2 heterocycles. The van der Waals surface area contributed by atoms with Crippen LogP contribution in [0.25, 0.3) is 0 Å². The van der Waals surface area contributed by atoms with Gasteiger partial charge >= 0.3 is 0 Å². The average Bonchev–Trinajstić information content (AvgIpc) is 2.78. The zero-order valence-corrected chi connectivity index (χ0v) is 10.6. The molecule has 1 atom stereocenters. The molecule has 0 bridgehead atoms. The Kier molecular flexibility index (Phi) is 3.78. The quantitative estimate of drug-likeness (QED) is 0.822. The largest absolute Gasteiger partial charge is 0.384 e. The summed E-state index contributed by atoms with van der Waals surface area (Å²) >= 11 is 0. The number of hydrogen-bond acceptors (Lipinski definition) is 5. The van der Waals surface area contributed by atoms with Gasteiger partial charge in [0, 0.05) is 18.7 Å². The van der Waals surface area contributed by atoms with Crippen molar-refractivity contribution in [1.82, 2.24) is 14.9 Å². The topological polar surface area (TPSA) is 67.1 Å². The average molecular weight is 235 g/mol. The van der Waals surface area contributed by atoms with Crippen molar-refractivity contribution >= 4 is 11.6 Å². The van der Waals surface area contributed by atoms with Gasteiger partial charge in [-0.1, -0.05) is 0 Å². The monoisotopic (exact) mass is 235 g/mol. The van der Waals surface area contributed by atoms with E-state index in [2.05, 4.69) is 27.1 Å². The van der Waals surface area contributed by atoms with Crippen molar-refractivity contribution in [3.63, 3.8) is 0 Å². The molecule has 1 aliphatic rings. The van der Waals surface area contributed by atoms with E-state index in [0.29, 0.717) is 17.7 Å². The minimum Gasteiger partial charge on any atom is -0.384 e. The Morgan fingerprint density at radius 1 is 1.41 bits per heavy atom. The summed E-state index contributed by atoms with van der Waals surface area (Å²) in [5.41, 5.74) is 5.69. The van der Waals surface area contributed by atoms with E-state index in [0.717, 1.165) is 12.4 Å². The molecule has 0 spiro atoms. The standard InChI is InChI=1S/C12H21N5/c1-9(17-5-3-4-6-17)8-14-12-7-11(13)15-10(2)16-12/h7,9H,3-6,8H2,1-2H3,(H3,13,14,15,16). The second kappa shape index (κ2) is 5.31. The van der Waals surface area contributed by atoms with Crippen molar-refractivity contribution < 1.29 is 0 Å².